The Morgan fingerprint density at radius 1 is 1.21 bits per heavy atom. The van der Waals surface area contributed by atoms with Crippen LogP contribution in [0.2, 0.25) is 0 Å². The van der Waals surface area contributed by atoms with Gasteiger partial charge in [0.15, 0.2) is 0 Å². The second-order valence-electron chi connectivity index (χ2n) is 8.02. The molecule has 3 heterocycles. The van der Waals surface area contributed by atoms with Gasteiger partial charge in [-0.15, -0.1) is 11.3 Å². The van der Waals surface area contributed by atoms with Crippen LogP contribution in [0.15, 0.2) is 39.9 Å². The van der Waals surface area contributed by atoms with Crippen molar-refractivity contribution in [2.45, 2.75) is 51.1 Å². The zero-order valence-corrected chi connectivity index (χ0v) is 17.2. The molecule has 1 saturated carbocycles. The predicted molar refractivity (Wildman–Crippen MR) is 113 cm³/mol. The molecule has 1 fully saturated rings. The van der Waals surface area contributed by atoms with E-state index in [-0.39, 0.29) is 22.6 Å². The Hall–Kier alpha value is -2.67. The predicted octanol–water partition coefficient (Wildman–Crippen LogP) is 2.78. The Balaban J connectivity index is 1.50. The number of nitrogens with one attached hydrogen (secondary N) is 1. The summed E-state index contributed by atoms with van der Waals surface area (Å²) < 4.78 is 1.29. The molecule has 150 valence electrons. The van der Waals surface area contributed by atoms with E-state index in [4.69, 9.17) is 0 Å². The van der Waals surface area contributed by atoms with Crippen LogP contribution in [0.1, 0.15) is 42.2 Å². The average Bonchev–Trinajstić information content (AvgIpc) is 3.46. The van der Waals surface area contributed by atoms with Crippen molar-refractivity contribution in [2.75, 3.05) is 6.54 Å². The highest BCUT2D eigenvalue weighted by Crippen LogP contribution is 2.50. The van der Waals surface area contributed by atoms with Gasteiger partial charge in [-0.2, -0.15) is 0 Å². The van der Waals surface area contributed by atoms with Gasteiger partial charge < -0.3 is 4.90 Å². The zero-order chi connectivity index (χ0) is 20.2. The normalized spacial score (nSPS) is 17.3. The minimum absolute atomic E-state index is 0.184. The molecule has 1 aliphatic heterocycles. The highest BCUT2D eigenvalue weighted by Gasteiger charge is 2.53. The average molecular weight is 410 g/mol. The fraction of sp³-hybridized carbons (Fsp3) is 0.409. The van der Waals surface area contributed by atoms with E-state index in [0.29, 0.717) is 36.3 Å². The summed E-state index contributed by atoms with van der Waals surface area (Å²) in [5, 5.41) is 0.634. The number of carbonyl (C=O) groups is 1. The van der Waals surface area contributed by atoms with Crippen LogP contribution in [0.4, 0.5) is 0 Å². The standard InChI is InChI=1S/C22H23N3O3S/c1-2-11-25-19(26)17-15-8-12-24(13-16(15)29-18(17)23-21(25)28)20(27)22(9-10-22)14-6-4-3-5-7-14/h3-7H,2,8-13H2,1H3,(H,23,28). The maximum atomic E-state index is 13.4. The third-order valence-electron chi connectivity index (χ3n) is 6.20. The fourth-order valence-electron chi connectivity index (χ4n) is 4.52. The summed E-state index contributed by atoms with van der Waals surface area (Å²) in [7, 11) is 0. The SMILES string of the molecule is CCCn1c(=O)[nH]c2sc3c(c2c1=O)CCN(C(=O)C1(c2ccccc2)CC1)C3. The topological polar surface area (TPSA) is 75.2 Å². The highest BCUT2D eigenvalue weighted by atomic mass is 32.1. The number of fused-ring (bicyclic) bond motifs is 3. The Morgan fingerprint density at radius 2 is 1.97 bits per heavy atom. The molecule has 29 heavy (non-hydrogen) atoms. The van der Waals surface area contributed by atoms with Gasteiger partial charge in [-0.3, -0.25) is 19.1 Å². The minimum atomic E-state index is -0.377. The van der Waals surface area contributed by atoms with Crippen molar-refractivity contribution >= 4 is 27.5 Å². The first kappa shape index (κ1) is 18.4. The molecule has 0 radical (unpaired) electrons. The molecule has 5 rings (SSSR count). The second kappa shape index (κ2) is 6.69. The molecule has 0 spiro atoms. The molecular weight excluding hydrogens is 386 g/mol. The summed E-state index contributed by atoms with van der Waals surface area (Å²) in [6.07, 6.45) is 3.16. The van der Waals surface area contributed by atoms with E-state index in [9.17, 15) is 14.4 Å². The number of benzene rings is 1. The number of rotatable bonds is 4. The number of hydrogen-bond donors (Lipinski definition) is 1. The van der Waals surface area contributed by atoms with Gasteiger partial charge in [-0.05, 0) is 36.8 Å². The lowest BCUT2D eigenvalue weighted by molar-refractivity contribution is -0.134. The quantitative estimate of drug-likeness (QED) is 0.720. The Morgan fingerprint density at radius 3 is 2.66 bits per heavy atom. The minimum Gasteiger partial charge on any atom is -0.336 e. The van der Waals surface area contributed by atoms with Gasteiger partial charge in [0.05, 0.1) is 17.3 Å². The molecule has 2 aromatic heterocycles. The molecule has 6 nitrogen and oxygen atoms in total. The van der Waals surface area contributed by atoms with E-state index < -0.39 is 0 Å². The van der Waals surface area contributed by atoms with Crippen LogP contribution >= 0.6 is 11.3 Å². The van der Waals surface area contributed by atoms with E-state index in [2.05, 4.69) is 4.98 Å². The van der Waals surface area contributed by atoms with Crippen LogP contribution in [-0.2, 0) is 29.7 Å². The van der Waals surface area contributed by atoms with E-state index in [1.165, 1.54) is 15.9 Å². The first-order valence-electron chi connectivity index (χ1n) is 10.2. The number of amides is 1. The Kier molecular flexibility index (Phi) is 4.24. The summed E-state index contributed by atoms with van der Waals surface area (Å²) in [4.78, 5) is 45.0. The van der Waals surface area contributed by atoms with Crippen molar-refractivity contribution < 1.29 is 4.79 Å². The molecule has 0 atom stereocenters. The third kappa shape index (κ3) is 2.79. The van der Waals surface area contributed by atoms with Crippen LogP contribution in [0.5, 0.6) is 0 Å². The van der Waals surface area contributed by atoms with Gasteiger partial charge in [0.25, 0.3) is 5.56 Å². The van der Waals surface area contributed by atoms with Crippen LogP contribution in [0.25, 0.3) is 10.2 Å². The second-order valence-corrected chi connectivity index (χ2v) is 9.12. The fourth-order valence-corrected chi connectivity index (χ4v) is 5.77. The monoisotopic (exact) mass is 409 g/mol. The first-order valence-corrected chi connectivity index (χ1v) is 11.0. The van der Waals surface area contributed by atoms with E-state index >= 15 is 0 Å². The smallest absolute Gasteiger partial charge is 0.329 e. The Bertz CT molecular complexity index is 1220. The van der Waals surface area contributed by atoms with Crippen molar-refractivity contribution in [1.82, 2.24) is 14.5 Å². The van der Waals surface area contributed by atoms with E-state index in [0.717, 1.165) is 35.3 Å². The summed E-state index contributed by atoms with van der Waals surface area (Å²) in [6, 6.07) is 10.0. The maximum absolute atomic E-state index is 13.4. The highest BCUT2D eigenvalue weighted by molar-refractivity contribution is 7.18. The number of H-pyrrole nitrogens is 1. The van der Waals surface area contributed by atoms with Crippen molar-refractivity contribution in [3.8, 4) is 0 Å². The van der Waals surface area contributed by atoms with Gasteiger partial charge in [-0.25, -0.2) is 4.79 Å². The lowest BCUT2D eigenvalue weighted by Crippen LogP contribution is -2.42. The van der Waals surface area contributed by atoms with Crippen LogP contribution < -0.4 is 11.2 Å². The molecule has 0 bridgehead atoms. The zero-order valence-electron chi connectivity index (χ0n) is 16.4. The van der Waals surface area contributed by atoms with Crippen molar-refractivity contribution in [2.24, 2.45) is 0 Å². The molecule has 3 aromatic rings. The van der Waals surface area contributed by atoms with Gasteiger partial charge in [0, 0.05) is 18.0 Å². The van der Waals surface area contributed by atoms with Crippen LogP contribution in [0, 0.1) is 0 Å². The van der Waals surface area contributed by atoms with Gasteiger partial charge >= 0.3 is 5.69 Å². The van der Waals surface area contributed by atoms with Crippen LogP contribution in [0.3, 0.4) is 0 Å². The molecule has 2 aliphatic rings. The van der Waals surface area contributed by atoms with Crippen LogP contribution in [-0.4, -0.2) is 26.9 Å². The lowest BCUT2D eigenvalue weighted by Gasteiger charge is -2.31. The number of carbonyl (C=O) groups excluding carboxylic acids is 1. The lowest BCUT2D eigenvalue weighted by atomic mass is 9.93. The summed E-state index contributed by atoms with van der Waals surface area (Å²) >= 11 is 1.44. The van der Waals surface area contributed by atoms with Gasteiger partial charge in [0.2, 0.25) is 5.91 Å². The number of nitrogens with zero attached hydrogens (tertiary/aromatic N) is 2. The number of thiophene rings is 1. The number of aromatic amines is 1. The van der Waals surface area contributed by atoms with E-state index in [1.807, 2.05) is 42.2 Å². The number of hydrogen-bond acceptors (Lipinski definition) is 4. The summed E-state index contributed by atoms with van der Waals surface area (Å²) in [5.74, 6) is 0.184. The largest absolute Gasteiger partial charge is 0.336 e. The van der Waals surface area contributed by atoms with Crippen molar-refractivity contribution in [3.05, 3.63) is 67.2 Å². The molecule has 0 unspecified atom stereocenters. The molecule has 1 amide bonds. The summed E-state index contributed by atoms with van der Waals surface area (Å²) in [6.45, 7) is 3.48. The van der Waals surface area contributed by atoms with Gasteiger partial charge in [0.1, 0.15) is 4.83 Å². The molecule has 1 aromatic carbocycles. The molecule has 1 aliphatic carbocycles. The summed E-state index contributed by atoms with van der Waals surface area (Å²) in [5.41, 5.74) is 1.17. The first-order chi connectivity index (χ1) is 14.0. The third-order valence-corrected chi connectivity index (χ3v) is 7.33. The van der Waals surface area contributed by atoms with Gasteiger partial charge in [-0.1, -0.05) is 37.3 Å². The maximum Gasteiger partial charge on any atom is 0.329 e. The molecule has 0 saturated heterocycles. The van der Waals surface area contributed by atoms with Crippen molar-refractivity contribution in [1.29, 1.82) is 0 Å². The van der Waals surface area contributed by atoms with Crippen molar-refractivity contribution in [3.63, 3.8) is 0 Å². The Labute approximate surface area is 171 Å². The number of aromatic nitrogens is 2. The molecule has 1 N–H and O–H groups in total. The van der Waals surface area contributed by atoms with E-state index in [1.54, 1.807) is 0 Å². The molecule has 7 heteroatoms. The molecular formula is C22H23N3O3S.